The van der Waals surface area contributed by atoms with Crippen LogP contribution in [-0.4, -0.2) is 0 Å². The number of allylic oxidation sites excluding steroid dienone is 3. The summed E-state index contributed by atoms with van der Waals surface area (Å²) in [6, 6.07) is 8.38. The molecule has 0 radical (unpaired) electrons. The number of hydrogen-bond acceptors (Lipinski definition) is 1. The van der Waals surface area contributed by atoms with Gasteiger partial charge in [-0.05, 0) is 38.0 Å². The molecule has 0 unspecified atom stereocenters. The summed E-state index contributed by atoms with van der Waals surface area (Å²) >= 11 is 0. The average molecular weight is 233 g/mol. The van der Waals surface area contributed by atoms with E-state index in [0.29, 0.717) is 0 Å². The van der Waals surface area contributed by atoms with Crippen LogP contribution < -0.4 is 5.32 Å². The largest absolute Gasteiger partial charge is 0.359 e. The highest BCUT2D eigenvalue weighted by Crippen LogP contribution is 2.17. The Kier molecular flexibility index (Phi) is 7.87. The molecule has 0 saturated carbocycles. The maximum atomic E-state index is 3.86. The van der Waals surface area contributed by atoms with E-state index in [-0.39, 0.29) is 1.43 Å². The van der Waals surface area contributed by atoms with Gasteiger partial charge in [-0.2, -0.15) is 0 Å². The van der Waals surface area contributed by atoms with Gasteiger partial charge >= 0.3 is 0 Å². The predicted octanol–water partition coefficient (Wildman–Crippen LogP) is 5.41. The zero-order valence-corrected chi connectivity index (χ0v) is 11.8. The van der Waals surface area contributed by atoms with Crippen molar-refractivity contribution in [3.8, 4) is 0 Å². The lowest BCUT2D eigenvalue weighted by molar-refractivity contribution is 1.13. The van der Waals surface area contributed by atoms with Gasteiger partial charge in [-0.1, -0.05) is 51.1 Å². The molecule has 1 heteroatoms. The molecule has 1 aromatic rings. The molecule has 0 aliphatic carbocycles. The van der Waals surface area contributed by atoms with E-state index in [1.54, 1.807) is 0 Å². The van der Waals surface area contributed by atoms with E-state index >= 15 is 0 Å². The van der Waals surface area contributed by atoms with Crippen LogP contribution in [0.3, 0.4) is 0 Å². The van der Waals surface area contributed by atoms with Crippen molar-refractivity contribution in [3.05, 3.63) is 53.8 Å². The van der Waals surface area contributed by atoms with Crippen LogP contribution in [0.2, 0.25) is 0 Å². The highest BCUT2D eigenvalue weighted by molar-refractivity contribution is 5.55. The van der Waals surface area contributed by atoms with Gasteiger partial charge in [-0.25, -0.2) is 0 Å². The Morgan fingerprint density at radius 1 is 1.29 bits per heavy atom. The lowest BCUT2D eigenvalue weighted by Gasteiger charge is -2.11. The van der Waals surface area contributed by atoms with E-state index in [0.717, 1.165) is 17.7 Å². The molecule has 1 nitrogen and oxygen atoms in total. The summed E-state index contributed by atoms with van der Waals surface area (Å²) in [5, 5.41) is 3.39. The molecule has 1 N–H and O–H groups in total. The lowest BCUT2D eigenvalue weighted by atomic mass is 10.1. The Morgan fingerprint density at radius 2 is 1.88 bits per heavy atom. The monoisotopic (exact) mass is 233 g/mol. The van der Waals surface area contributed by atoms with Crippen molar-refractivity contribution in [2.45, 2.75) is 41.0 Å². The van der Waals surface area contributed by atoms with E-state index < -0.39 is 0 Å². The third-order valence-electron chi connectivity index (χ3n) is 2.19. The van der Waals surface area contributed by atoms with E-state index in [4.69, 9.17) is 0 Å². The Morgan fingerprint density at radius 3 is 2.41 bits per heavy atom. The van der Waals surface area contributed by atoms with Crippen molar-refractivity contribution < 1.29 is 1.43 Å². The summed E-state index contributed by atoms with van der Waals surface area (Å²) in [5.74, 6) is 0. The minimum atomic E-state index is 0. The van der Waals surface area contributed by atoms with Crippen LogP contribution in [0.25, 0.3) is 0 Å². The summed E-state index contributed by atoms with van der Waals surface area (Å²) < 4.78 is 0. The zero-order chi connectivity index (χ0) is 13.3. The van der Waals surface area contributed by atoms with Crippen molar-refractivity contribution in [3.63, 3.8) is 0 Å². The SMILES string of the molecule is C=C(C)/C=C(\C)Nc1ccccc1CC.CC.[HH]. The second kappa shape index (κ2) is 8.63. The fraction of sp³-hybridized carbons (Fsp3) is 0.375. The molecule has 0 amide bonds. The van der Waals surface area contributed by atoms with Gasteiger partial charge in [-0.15, -0.1) is 0 Å². The molecule has 0 bridgehead atoms. The highest BCUT2D eigenvalue weighted by Gasteiger charge is 1.98. The van der Waals surface area contributed by atoms with Crippen LogP contribution in [0.4, 0.5) is 5.69 Å². The lowest BCUT2D eigenvalue weighted by Crippen LogP contribution is -1.99. The molecule has 1 rings (SSSR count). The third-order valence-corrected chi connectivity index (χ3v) is 2.19. The fourth-order valence-electron chi connectivity index (χ4n) is 1.57. The smallest absolute Gasteiger partial charge is 0.0414 e. The first-order valence-electron chi connectivity index (χ1n) is 6.32. The number of nitrogens with one attached hydrogen (secondary N) is 1. The molecule has 0 aromatic heterocycles. The topological polar surface area (TPSA) is 12.0 Å². The van der Waals surface area contributed by atoms with Crippen LogP contribution >= 0.6 is 0 Å². The first-order valence-corrected chi connectivity index (χ1v) is 6.32. The summed E-state index contributed by atoms with van der Waals surface area (Å²) in [5.41, 5.74) is 4.72. The number of benzene rings is 1. The molecule has 0 spiro atoms. The summed E-state index contributed by atoms with van der Waals surface area (Å²) in [6.45, 7) is 14.1. The number of aryl methyl sites for hydroxylation is 1. The number of para-hydroxylation sites is 1. The first kappa shape index (κ1) is 15.5. The van der Waals surface area contributed by atoms with Gasteiger partial charge < -0.3 is 5.32 Å². The summed E-state index contributed by atoms with van der Waals surface area (Å²) in [7, 11) is 0. The predicted molar refractivity (Wildman–Crippen MR) is 81.5 cm³/mol. The average Bonchev–Trinajstić information content (AvgIpc) is 2.31. The van der Waals surface area contributed by atoms with Gasteiger partial charge in [0, 0.05) is 12.8 Å². The molecule has 0 heterocycles. The standard InChI is InChI=1S/C14H19N.C2H6.H2/c1-5-13-8-6-7-9-14(13)15-12(4)10-11(2)3;1-2;/h6-10,15H,2,5H2,1,3-4H3;1-2H3;1H/b12-10+;;. The Labute approximate surface area is 108 Å². The second-order valence-corrected chi connectivity index (χ2v) is 3.81. The van der Waals surface area contributed by atoms with Crippen LogP contribution in [0, 0.1) is 0 Å². The molecule has 0 saturated heterocycles. The number of hydrogen-bond donors (Lipinski definition) is 1. The quantitative estimate of drug-likeness (QED) is 0.685. The minimum absolute atomic E-state index is 0. The van der Waals surface area contributed by atoms with Crippen LogP contribution in [0.5, 0.6) is 0 Å². The highest BCUT2D eigenvalue weighted by atomic mass is 14.9. The van der Waals surface area contributed by atoms with Gasteiger partial charge in [-0.3, -0.25) is 0 Å². The fourth-order valence-corrected chi connectivity index (χ4v) is 1.57. The summed E-state index contributed by atoms with van der Waals surface area (Å²) in [4.78, 5) is 0. The van der Waals surface area contributed by atoms with Crippen molar-refractivity contribution in [1.82, 2.24) is 0 Å². The second-order valence-electron chi connectivity index (χ2n) is 3.81. The molecule has 1 aromatic carbocycles. The molecule has 17 heavy (non-hydrogen) atoms. The van der Waals surface area contributed by atoms with Crippen LogP contribution in [-0.2, 0) is 6.42 Å². The van der Waals surface area contributed by atoms with Gasteiger partial charge in [0.1, 0.15) is 0 Å². The van der Waals surface area contributed by atoms with Crippen molar-refractivity contribution in [2.75, 3.05) is 5.32 Å². The maximum Gasteiger partial charge on any atom is 0.0414 e. The van der Waals surface area contributed by atoms with E-state index in [1.165, 1.54) is 11.3 Å². The third kappa shape index (κ3) is 5.96. The van der Waals surface area contributed by atoms with Crippen LogP contribution in [0.15, 0.2) is 48.2 Å². The number of rotatable bonds is 4. The van der Waals surface area contributed by atoms with Crippen molar-refractivity contribution in [1.29, 1.82) is 0 Å². The van der Waals surface area contributed by atoms with E-state index in [2.05, 4.69) is 50.0 Å². The van der Waals surface area contributed by atoms with Gasteiger partial charge in [0.05, 0.1) is 0 Å². The zero-order valence-electron chi connectivity index (χ0n) is 11.8. The van der Waals surface area contributed by atoms with Crippen LogP contribution in [0.1, 0.15) is 41.6 Å². The maximum absolute atomic E-state index is 3.86. The molecule has 0 atom stereocenters. The molecule has 96 valence electrons. The molecule has 0 aliphatic heterocycles. The Hall–Kier alpha value is -1.50. The minimum Gasteiger partial charge on any atom is -0.359 e. The van der Waals surface area contributed by atoms with E-state index in [9.17, 15) is 0 Å². The molecular weight excluding hydrogens is 206 g/mol. The molecular formula is C16H27N. The Balaban J connectivity index is 0. The number of anilines is 1. The normalized spacial score (nSPS) is 10.3. The Bertz CT molecular complexity index is 380. The van der Waals surface area contributed by atoms with Crippen molar-refractivity contribution in [2.24, 2.45) is 0 Å². The molecule has 0 fully saturated rings. The van der Waals surface area contributed by atoms with Gasteiger partial charge in [0.25, 0.3) is 0 Å². The first-order chi connectivity index (χ1) is 8.13. The van der Waals surface area contributed by atoms with E-state index in [1.807, 2.05) is 26.8 Å². The summed E-state index contributed by atoms with van der Waals surface area (Å²) in [6.07, 6.45) is 3.09. The van der Waals surface area contributed by atoms with Gasteiger partial charge in [0.15, 0.2) is 0 Å². The van der Waals surface area contributed by atoms with Gasteiger partial charge in [0.2, 0.25) is 0 Å². The van der Waals surface area contributed by atoms with Crippen molar-refractivity contribution >= 4 is 5.69 Å². The molecule has 0 aliphatic rings.